The first-order valence-electron chi connectivity index (χ1n) is 4.03. The van der Waals surface area contributed by atoms with Gasteiger partial charge in [-0.05, 0) is 34.2 Å². The van der Waals surface area contributed by atoms with E-state index in [9.17, 15) is 4.39 Å². The van der Waals surface area contributed by atoms with E-state index in [1.165, 1.54) is 23.1 Å². The molecule has 0 atom stereocenters. The maximum Gasteiger partial charge on any atom is 0.143 e. The Balaban J connectivity index is 2.53. The summed E-state index contributed by atoms with van der Waals surface area (Å²) in [5, 5.41) is 10.7. The van der Waals surface area contributed by atoms with Crippen molar-refractivity contribution in [1.29, 1.82) is 0 Å². The van der Waals surface area contributed by atoms with Crippen molar-refractivity contribution in [3.8, 4) is 5.69 Å². The van der Waals surface area contributed by atoms with Crippen molar-refractivity contribution in [2.24, 2.45) is 5.73 Å². The van der Waals surface area contributed by atoms with E-state index in [1.807, 2.05) is 0 Å². The van der Waals surface area contributed by atoms with E-state index in [-0.39, 0.29) is 12.4 Å². The molecule has 1 aromatic heterocycles. The van der Waals surface area contributed by atoms with Crippen LogP contribution < -0.4 is 5.73 Å². The molecule has 1 aromatic carbocycles. The minimum atomic E-state index is -0.317. The summed E-state index contributed by atoms with van der Waals surface area (Å²) in [5.74, 6) is -0.317. The summed E-state index contributed by atoms with van der Waals surface area (Å²) in [7, 11) is 0. The van der Waals surface area contributed by atoms with Gasteiger partial charge in [-0.2, -0.15) is 0 Å². The van der Waals surface area contributed by atoms with Gasteiger partial charge in [0.25, 0.3) is 0 Å². The van der Waals surface area contributed by atoms with Gasteiger partial charge in [0.05, 0.1) is 5.69 Å². The average Bonchev–Trinajstić information content (AvgIpc) is 2.70. The Hall–Kier alpha value is -1.82. The van der Waals surface area contributed by atoms with E-state index in [0.29, 0.717) is 11.3 Å². The fraction of sp³-hybridized carbons (Fsp3) is 0.125. The zero-order valence-electron chi connectivity index (χ0n) is 7.26. The largest absolute Gasteiger partial charge is 0.326 e. The predicted molar refractivity (Wildman–Crippen MR) is 47.0 cm³/mol. The Labute approximate surface area is 79.3 Å². The van der Waals surface area contributed by atoms with Crippen LogP contribution >= 0.6 is 0 Å². The molecule has 0 bridgehead atoms. The smallest absolute Gasteiger partial charge is 0.143 e. The number of hydrogen-bond donors (Lipinski definition) is 1. The molecule has 72 valence electrons. The number of nitrogens with two attached hydrogens (primary N) is 1. The molecule has 2 N–H and O–H groups in total. The zero-order chi connectivity index (χ0) is 9.97. The molecule has 1 heterocycles. The van der Waals surface area contributed by atoms with E-state index in [1.54, 1.807) is 6.07 Å². The van der Waals surface area contributed by atoms with Crippen LogP contribution in [0.2, 0.25) is 0 Å². The van der Waals surface area contributed by atoms with Crippen molar-refractivity contribution in [3.05, 3.63) is 35.9 Å². The number of benzene rings is 1. The lowest BCUT2D eigenvalue weighted by atomic mass is 10.2. The minimum absolute atomic E-state index is 0.243. The van der Waals surface area contributed by atoms with Crippen molar-refractivity contribution < 1.29 is 4.39 Å². The predicted octanol–water partition coefficient (Wildman–Crippen LogP) is 0.260. The Morgan fingerprint density at radius 3 is 2.93 bits per heavy atom. The summed E-state index contributed by atoms with van der Waals surface area (Å²) in [6.07, 6.45) is 1.44. The molecular weight excluding hydrogens is 185 g/mol. The highest BCUT2D eigenvalue weighted by molar-refractivity contribution is 5.39. The summed E-state index contributed by atoms with van der Waals surface area (Å²) in [5.41, 5.74) is 6.83. The molecule has 0 spiro atoms. The molecule has 0 radical (unpaired) electrons. The minimum Gasteiger partial charge on any atom is -0.326 e. The van der Waals surface area contributed by atoms with Crippen LogP contribution in [0.5, 0.6) is 0 Å². The average molecular weight is 193 g/mol. The van der Waals surface area contributed by atoms with E-state index < -0.39 is 0 Å². The number of hydrogen-bond acceptors (Lipinski definition) is 4. The van der Waals surface area contributed by atoms with Crippen LogP contribution in [0.1, 0.15) is 5.56 Å². The molecule has 0 fully saturated rings. The zero-order valence-corrected chi connectivity index (χ0v) is 7.26. The molecular formula is C8H8FN5. The van der Waals surface area contributed by atoms with E-state index in [2.05, 4.69) is 15.5 Å². The molecule has 5 nitrogen and oxygen atoms in total. The lowest BCUT2D eigenvalue weighted by molar-refractivity contribution is 0.623. The quantitative estimate of drug-likeness (QED) is 0.742. The second kappa shape index (κ2) is 3.51. The molecule has 0 saturated heterocycles. The van der Waals surface area contributed by atoms with Gasteiger partial charge < -0.3 is 5.73 Å². The first kappa shape index (κ1) is 8.76. The summed E-state index contributed by atoms with van der Waals surface area (Å²) >= 11 is 0. The van der Waals surface area contributed by atoms with E-state index in [4.69, 9.17) is 5.73 Å². The third-order valence-electron chi connectivity index (χ3n) is 1.86. The fourth-order valence-electron chi connectivity index (χ4n) is 1.21. The van der Waals surface area contributed by atoms with E-state index in [0.717, 1.165) is 0 Å². The van der Waals surface area contributed by atoms with Gasteiger partial charge in [0.2, 0.25) is 0 Å². The third kappa shape index (κ3) is 1.47. The van der Waals surface area contributed by atoms with Crippen LogP contribution in [0, 0.1) is 5.82 Å². The molecule has 0 amide bonds. The number of rotatable bonds is 2. The van der Waals surface area contributed by atoms with Crippen molar-refractivity contribution in [2.45, 2.75) is 6.54 Å². The van der Waals surface area contributed by atoms with Crippen molar-refractivity contribution >= 4 is 0 Å². The molecule has 0 aliphatic heterocycles. The summed E-state index contributed by atoms with van der Waals surface area (Å²) < 4.78 is 14.3. The Bertz CT molecular complexity index is 425. The SMILES string of the molecule is NCc1cc(F)ccc1-n1cnnn1. The molecule has 2 aromatic rings. The van der Waals surface area contributed by atoms with Gasteiger partial charge in [-0.25, -0.2) is 9.07 Å². The van der Waals surface area contributed by atoms with Crippen molar-refractivity contribution in [3.63, 3.8) is 0 Å². The van der Waals surface area contributed by atoms with Crippen LogP contribution in [-0.2, 0) is 6.54 Å². The number of nitrogens with zero attached hydrogens (tertiary/aromatic N) is 4. The molecule has 0 aliphatic rings. The first-order valence-corrected chi connectivity index (χ1v) is 4.03. The summed E-state index contributed by atoms with van der Waals surface area (Å²) in [4.78, 5) is 0. The fourth-order valence-corrected chi connectivity index (χ4v) is 1.21. The Kier molecular flexibility index (Phi) is 2.19. The monoisotopic (exact) mass is 193 g/mol. The van der Waals surface area contributed by atoms with Gasteiger partial charge in [0, 0.05) is 6.54 Å². The lowest BCUT2D eigenvalue weighted by Gasteiger charge is -2.05. The van der Waals surface area contributed by atoms with Gasteiger partial charge in [-0.3, -0.25) is 0 Å². The lowest BCUT2D eigenvalue weighted by Crippen LogP contribution is -2.05. The highest BCUT2D eigenvalue weighted by Crippen LogP contribution is 2.13. The van der Waals surface area contributed by atoms with Crippen LogP contribution in [0.4, 0.5) is 4.39 Å². The molecule has 0 saturated carbocycles. The van der Waals surface area contributed by atoms with Gasteiger partial charge in [-0.1, -0.05) is 0 Å². The molecule has 0 unspecified atom stereocenters. The molecule has 2 rings (SSSR count). The maximum absolute atomic E-state index is 12.9. The van der Waals surface area contributed by atoms with Crippen LogP contribution in [0.15, 0.2) is 24.5 Å². The number of aromatic nitrogens is 4. The van der Waals surface area contributed by atoms with Crippen LogP contribution in [-0.4, -0.2) is 20.2 Å². The second-order valence-electron chi connectivity index (χ2n) is 2.73. The van der Waals surface area contributed by atoms with Crippen molar-refractivity contribution in [1.82, 2.24) is 20.2 Å². The highest BCUT2D eigenvalue weighted by atomic mass is 19.1. The molecule has 14 heavy (non-hydrogen) atoms. The second-order valence-corrected chi connectivity index (χ2v) is 2.73. The summed E-state index contributed by atoms with van der Waals surface area (Å²) in [6.45, 7) is 0.243. The van der Waals surface area contributed by atoms with E-state index >= 15 is 0 Å². The number of halogens is 1. The number of tetrazole rings is 1. The van der Waals surface area contributed by atoms with Gasteiger partial charge in [0.1, 0.15) is 12.1 Å². The third-order valence-corrected chi connectivity index (χ3v) is 1.86. The summed E-state index contributed by atoms with van der Waals surface area (Å²) in [6, 6.07) is 4.31. The first-order chi connectivity index (χ1) is 6.81. The van der Waals surface area contributed by atoms with Crippen molar-refractivity contribution in [2.75, 3.05) is 0 Å². The van der Waals surface area contributed by atoms with Gasteiger partial charge in [-0.15, -0.1) is 5.10 Å². The Morgan fingerprint density at radius 2 is 2.29 bits per heavy atom. The maximum atomic E-state index is 12.9. The molecule has 0 aliphatic carbocycles. The highest BCUT2D eigenvalue weighted by Gasteiger charge is 2.05. The normalized spacial score (nSPS) is 10.4. The van der Waals surface area contributed by atoms with Crippen LogP contribution in [0.25, 0.3) is 5.69 Å². The van der Waals surface area contributed by atoms with Gasteiger partial charge >= 0.3 is 0 Å². The Morgan fingerprint density at radius 1 is 1.43 bits per heavy atom. The topological polar surface area (TPSA) is 69.6 Å². The standard InChI is InChI=1S/C8H8FN5/c9-7-1-2-8(6(3-7)4-10)14-5-11-12-13-14/h1-3,5H,4,10H2. The molecule has 6 heteroatoms. The van der Waals surface area contributed by atoms with Crippen LogP contribution in [0.3, 0.4) is 0 Å². The van der Waals surface area contributed by atoms with Gasteiger partial charge in [0.15, 0.2) is 0 Å².